The minimum absolute atomic E-state index is 0.0366. The van der Waals surface area contributed by atoms with Gasteiger partial charge in [-0.2, -0.15) is 0 Å². The second-order valence-electron chi connectivity index (χ2n) is 5.39. The maximum atomic E-state index is 12.1. The minimum Gasteiger partial charge on any atom is -0.355 e. The van der Waals surface area contributed by atoms with Crippen molar-refractivity contribution in [2.45, 2.75) is 33.1 Å². The van der Waals surface area contributed by atoms with E-state index >= 15 is 0 Å². The van der Waals surface area contributed by atoms with Crippen molar-refractivity contribution >= 4 is 11.7 Å². The fourth-order valence-electron chi connectivity index (χ4n) is 2.10. The van der Waals surface area contributed by atoms with E-state index in [0.29, 0.717) is 12.1 Å². The van der Waals surface area contributed by atoms with Crippen molar-refractivity contribution in [3.05, 3.63) is 35.4 Å². The molecule has 0 radical (unpaired) electrons. The maximum absolute atomic E-state index is 12.1. The van der Waals surface area contributed by atoms with Crippen molar-refractivity contribution in [3.8, 4) is 0 Å². The molecule has 0 unspecified atom stereocenters. The molecule has 21 heavy (non-hydrogen) atoms. The van der Waals surface area contributed by atoms with Crippen molar-refractivity contribution in [2.75, 3.05) is 26.7 Å². The van der Waals surface area contributed by atoms with Crippen LogP contribution in [-0.4, -0.2) is 43.3 Å². The number of nitrogens with one attached hydrogen (secondary N) is 1. The third-order valence-electron chi connectivity index (χ3n) is 3.21. The van der Waals surface area contributed by atoms with Crippen molar-refractivity contribution in [1.82, 2.24) is 10.2 Å². The second-order valence-corrected chi connectivity index (χ2v) is 5.39. The zero-order valence-corrected chi connectivity index (χ0v) is 13.3. The number of ketones is 1. The third-order valence-corrected chi connectivity index (χ3v) is 3.21. The molecular weight excluding hydrogens is 264 g/mol. The number of likely N-dealkylation sites (N-methyl/N-ethyl adjacent to an activating group) is 1. The Labute approximate surface area is 127 Å². The molecule has 0 heterocycles. The molecule has 0 saturated carbocycles. The first-order valence-electron chi connectivity index (χ1n) is 7.64. The number of aryl methyl sites for hydroxylation is 1. The molecule has 0 aliphatic heterocycles. The number of hydrogen-bond acceptors (Lipinski definition) is 3. The van der Waals surface area contributed by atoms with E-state index in [0.717, 1.165) is 19.3 Å². The Morgan fingerprint density at radius 3 is 2.29 bits per heavy atom. The highest BCUT2D eigenvalue weighted by molar-refractivity contribution is 5.97. The van der Waals surface area contributed by atoms with Gasteiger partial charge in [0.1, 0.15) is 0 Å². The molecule has 0 aliphatic rings. The Bertz CT molecular complexity index is 454. The van der Waals surface area contributed by atoms with Gasteiger partial charge < -0.3 is 5.32 Å². The number of amides is 1. The highest BCUT2D eigenvalue weighted by Gasteiger charge is 2.12. The number of hydrogen-bond donors (Lipinski definition) is 1. The van der Waals surface area contributed by atoms with E-state index in [2.05, 4.69) is 12.2 Å². The summed E-state index contributed by atoms with van der Waals surface area (Å²) in [6.45, 7) is 5.33. The van der Waals surface area contributed by atoms with Crippen molar-refractivity contribution in [1.29, 1.82) is 0 Å². The second kappa shape index (κ2) is 9.29. The molecule has 4 nitrogen and oxygen atoms in total. The van der Waals surface area contributed by atoms with Crippen LogP contribution >= 0.6 is 0 Å². The third kappa shape index (κ3) is 6.54. The summed E-state index contributed by atoms with van der Waals surface area (Å²) in [5.41, 5.74) is 1.96. The fourth-order valence-corrected chi connectivity index (χ4v) is 2.10. The van der Waals surface area contributed by atoms with E-state index < -0.39 is 0 Å². The number of benzene rings is 1. The summed E-state index contributed by atoms with van der Waals surface area (Å²) in [5.74, 6) is 0.00860. The first-order valence-corrected chi connectivity index (χ1v) is 7.64. The lowest BCUT2D eigenvalue weighted by molar-refractivity contribution is -0.121. The Hall–Kier alpha value is -1.68. The van der Waals surface area contributed by atoms with Crippen LogP contribution in [0.2, 0.25) is 0 Å². The quantitative estimate of drug-likeness (QED) is 0.710. The molecule has 0 aromatic heterocycles. The van der Waals surface area contributed by atoms with Gasteiger partial charge in [-0.1, -0.05) is 44.5 Å². The highest BCUT2D eigenvalue weighted by Crippen LogP contribution is 2.08. The van der Waals surface area contributed by atoms with Gasteiger partial charge in [-0.25, -0.2) is 0 Å². The van der Waals surface area contributed by atoms with Gasteiger partial charge in [0, 0.05) is 12.1 Å². The minimum atomic E-state index is -0.0366. The normalized spacial score (nSPS) is 10.7. The summed E-state index contributed by atoms with van der Waals surface area (Å²) in [6.07, 6.45) is 3.05. The molecule has 116 valence electrons. The average molecular weight is 290 g/mol. The fraction of sp³-hybridized carbons (Fsp3) is 0.529. The van der Waals surface area contributed by atoms with Crippen LogP contribution in [-0.2, 0) is 11.2 Å². The molecule has 1 aromatic carbocycles. The van der Waals surface area contributed by atoms with Gasteiger partial charge in [-0.3, -0.25) is 14.5 Å². The predicted octanol–water partition coefficient (Wildman–Crippen LogP) is 2.28. The average Bonchev–Trinajstić information content (AvgIpc) is 2.46. The van der Waals surface area contributed by atoms with E-state index in [-0.39, 0.29) is 24.8 Å². The molecular formula is C17H26N2O2. The highest BCUT2D eigenvalue weighted by atomic mass is 16.2. The Kier molecular flexibility index (Phi) is 7.69. The van der Waals surface area contributed by atoms with Gasteiger partial charge in [0.05, 0.1) is 13.1 Å². The Morgan fingerprint density at radius 2 is 1.71 bits per heavy atom. The zero-order chi connectivity index (χ0) is 15.7. The monoisotopic (exact) mass is 290 g/mol. The lowest BCUT2D eigenvalue weighted by atomic mass is 10.1. The number of carbonyl (C=O) groups excluding carboxylic acids is 2. The lowest BCUT2D eigenvalue weighted by Crippen LogP contribution is -2.37. The van der Waals surface area contributed by atoms with E-state index in [1.165, 1.54) is 5.56 Å². The van der Waals surface area contributed by atoms with Crippen LogP contribution in [0, 0.1) is 0 Å². The van der Waals surface area contributed by atoms with Crippen molar-refractivity contribution < 1.29 is 9.59 Å². The molecule has 0 aliphatic carbocycles. The molecule has 0 atom stereocenters. The molecule has 0 saturated heterocycles. The first kappa shape index (κ1) is 17.4. The molecule has 0 bridgehead atoms. The summed E-state index contributed by atoms with van der Waals surface area (Å²) < 4.78 is 0. The Morgan fingerprint density at radius 1 is 1.05 bits per heavy atom. The molecule has 0 fully saturated rings. The van der Waals surface area contributed by atoms with E-state index in [4.69, 9.17) is 0 Å². The van der Waals surface area contributed by atoms with Crippen LogP contribution in [0.4, 0.5) is 0 Å². The van der Waals surface area contributed by atoms with E-state index in [1.54, 1.807) is 11.9 Å². The largest absolute Gasteiger partial charge is 0.355 e. The molecule has 4 heteroatoms. The number of carbonyl (C=O) groups is 2. The van der Waals surface area contributed by atoms with E-state index in [1.807, 2.05) is 31.2 Å². The van der Waals surface area contributed by atoms with Gasteiger partial charge in [-0.15, -0.1) is 0 Å². The number of rotatable bonds is 9. The van der Waals surface area contributed by atoms with Crippen molar-refractivity contribution in [2.24, 2.45) is 0 Å². The van der Waals surface area contributed by atoms with Crippen LogP contribution in [0.1, 0.15) is 42.6 Å². The summed E-state index contributed by atoms with van der Waals surface area (Å²) in [6, 6.07) is 7.76. The molecule has 1 aromatic rings. The Balaban J connectivity index is 2.46. The maximum Gasteiger partial charge on any atom is 0.234 e. The molecule has 1 rings (SSSR count). The molecule has 0 spiro atoms. The first-order chi connectivity index (χ1) is 10.1. The molecule has 1 amide bonds. The van der Waals surface area contributed by atoms with Crippen LogP contribution in [0.3, 0.4) is 0 Å². The van der Waals surface area contributed by atoms with Gasteiger partial charge in [-0.05, 0) is 25.5 Å². The number of Topliss-reactive ketones (excluding diaryl/α,β-unsaturated/α-hetero) is 1. The van der Waals surface area contributed by atoms with Crippen LogP contribution in [0.15, 0.2) is 24.3 Å². The summed E-state index contributed by atoms with van der Waals surface area (Å²) >= 11 is 0. The van der Waals surface area contributed by atoms with E-state index in [9.17, 15) is 9.59 Å². The SMILES string of the molecule is CCCNC(=O)CN(C)CC(=O)c1ccc(CCC)cc1. The lowest BCUT2D eigenvalue weighted by Gasteiger charge is -2.15. The topological polar surface area (TPSA) is 49.4 Å². The summed E-state index contributed by atoms with van der Waals surface area (Å²) in [5, 5.41) is 2.81. The van der Waals surface area contributed by atoms with Crippen LogP contribution in [0.25, 0.3) is 0 Å². The van der Waals surface area contributed by atoms with Crippen LogP contribution < -0.4 is 5.32 Å². The van der Waals surface area contributed by atoms with Crippen molar-refractivity contribution in [3.63, 3.8) is 0 Å². The smallest absolute Gasteiger partial charge is 0.234 e. The van der Waals surface area contributed by atoms with Gasteiger partial charge in [0.2, 0.25) is 5.91 Å². The summed E-state index contributed by atoms with van der Waals surface area (Å²) in [4.78, 5) is 25.5. The van der Waals surface area contributed by atoms with Crippen LogP contribution in [0.5, 0.6) is 0 Å². The standard InChI is InChI=1S/C17H26N2O2/c1-4-6-14-7-9-15(10-8-14)16(20)12-19(3)13-17(21)18-11-5-2/h7-10H,4-6,11-13H2,1-3H3,(H,18,21). The summed E-state index contributed by atoms with van der Waals surface area (Å²) in [7, 11) is 1.79. The van der Waals surface area contributed by atoms with Gasteiger partial charge >= 0.3 is 0 Å². The predicted molar refractivity (Wildman–Crippen MR) is 85.6 cm³/mol. The zero-order valence-electron chi connectivity index (χ0n) is 13.3. The van der Waals surface area contributed by atoms with Gasteiger partial charge in [0.15, 0.2) is 5.78 Å². The molecule has 1 N–H and O–H groups in total. The van der Waals surface area contributed by atoms with Gasteiger partial charge in [0.25, 0.3) is 0 Å². The number of nitrogens with zero attached hydrogens (tertiary/aromatic N) is 1.